The number of thioether (sulfide) groups is 1. The number of unbranched alkanes of at least 4 members (excludes halogenated alkanes) is 3. The van der Waals surface area contributed by atoms with Gasteiger partial charge in [0.15, 0.2) is 0 Å². The van der Waals surface area contributed by atoms with Crippen LogP contribution in [0, 0.1) is 11.8 Å². The largest absolute Gasteiger partial charge is 0.481 e. The maximum Gasteiger partial charge on any atom is 0.303 e. The number of aliphatic carboxylic acids is 1. The van der Waals surface area contributed by atoms with Crippen molar-refractivity contribution in [2.75, 3.05) is 18.8 Å². The molecule has 1 aromatic carbocycles. The number of hydrogen-bond donors (Lipinski definition) is 3. The molecule has 2 bridgehead atoms. The third-order valence-corrected chi connectivity index (χ3v) is 8.58. The predicted molar refractivity (Wildman–Crippen MR) is 136 cm³/mol. The Morgan fingerprint density at radius 1 is 1.12 bits per heavy atom. The second-order valence-electron chi connectivity index (χ2n) is 10.0. The highest BCUT2D eigenvalue weighted by Gasteiger charge is 2.48. The van der Waals surface area contributed by atoms with Gasteiger partial charge in [0.25, 0.3) is 0 Å². The summed E-state index contributed by atoms with van der Waals surface area (Å²) in [5, 5.41) is 23.7. The molecular formula is C27H43NO4S. The van der Waals surface area contributed by atoms with E-state index in [2.05, 4.69) is 36.5 Å². The standard InChI is InChI=1S/C27H43NO4S/c1-2-16-27(31,20-33-18-21-10-6-5-7-11-21)19-28-17-23-22(24-14-15-25(23)32-24)12-8-3-4-9-13-26(29)30/h5-7,10-11,22-25,28,31H,2-4,8-9,12-20H2,1H3,(H,29,30)/t22-,23-,24+,25-,27?/m1/s1. The van der Waals surface area contributed by atoms with Crippen LogP contribution in [0.2, 0.25) is 0 Å². The van der Waals surface area contributed by atoms with Gasteiger partial charge in [-0.2, -0.15) is 11.8 Å². The van der Waals surface area contributed by atoms with Crippen LogP contribution in [0.25, 0.3) is 0 Å². The lowest BCUT2D eigenvalue weighted by Gasteiger charge is -2.32. The van der Waals surface area contributed by atoms with E-state index < -0.39 is 11.6 Å². The van der Waals surface area contributed by atoms with Gasteiger partial charge in [0, 0.05) is 36.9 Å². The minimum absolute atomic E-state index is 0.286. The molecule has 0 spiro atoms. The summed E-state index contributed by atoms with van der Waals surface area (Å²) in [6, 6.07) is 10.5. The maximum absolute atomic E-state index is 11.3. The van der Waals surface area contributed by atoms with E-state index in [9.17, 15) is 9.90 Å². The average Bonchev–Trinajstić information content (AvgIpc) is 3.39. The summed E-state index contributed by atoms with van der Waals surface area (Å²) in [5.41, 5.74) is 0.631. The first-order chi connectivity index (χ1) is 16.0. The molecule has 0 aromatic heterocycles. The van der Waals surface area contributed by atoms with Crippen molar-refractivity contribution in [3.63, 3.8) is 0 Å². The Morgan fingerprint density at radius 3 is 2.58 bits per heavy atom. The van der Waals surface area contributed by atoms with Crippen molar-refractivity contribution in [3.05, 3.63) is 35.9 Å². The second-order valence-corrected chi connectivity index (χ2v) is 11.0. The molecule has 0 saturated carbocycles. The molecule has 5 nitrogen and oxygen atoms in total. The number of fused-ring (bicyclic) bond motifs is 2. The van der Waals surface area contributed by atoms with Gasteiger partial charge in [-0.05, 0) is 43.6 Å². The van der Waals surface area contributed by atoms with E-state index in [1.807, 2.05) is 17.8 Å². The molecule has 2 fully saturated rings. The first-order valence-electron chi connectivity index (χ1n) is 12.9. The minimum Gasteiger partial charge on any atom is -0.481 e. The van der Waals surface area contributed by atoms with Gasteiger partial charge in [-0.25, -0.2) is 0 Å². The van der Waals surface area contributed by atoms with Crippen molar-refractivity contribution in [1.29, 1.82) is 0 Å². The van der Waals surface area contributed by atoms with E-state index in [0.717, 1.165) is 63.0 Å². The van der Waals surface area contributed by atoms with E-state index in [1.165, 1.54) is 18.4 Å². The molecule has 33 heavy (non-hydrogen) atoms. The van der Waals surface area contributed by atoms with Crippen molar-refractivity contribution >= 4 is 17.7 Å². The second kappa shape index (κ2) is 13.7. The zero-order chi connectivity index (χ0) is 23.5. The van der Waals surface area contributed by atoms with Crippen LogP contribution in [0.4, 0.5) is 0 Å². The molecule has 1 unspecified atom stereocenters. The van der Waals surface area contributed by atoms with Crippen LogP contribution in [0.3, 0.4) is 0 Å². The molecule has 186 valence electrons. The Balaban J connectivity index is 1.40. The van der Waals surface area contributed by atoms with E-state index >= 15 is 0 Å². The van der Waals surface area contributed by atoms with E-state index in [4.69, 9.17) is 9.84 Å². The smallest absolute Gasteiger partial charge is 0.303 e. The first kappa shape index (κ1) is 26.5. The Kier molecular flexibility index (Phi) is 11.0. The molecule has 5 atom stereocenters. The number of benzene rings is 1. The zero-order valence-corrected chi connectivity index (χ0v) is 21.0. The summed E-state index contributed by atoms with van der Waals surface area (Å²) < 4.78 is 6.27. The molecule has 2 aliphatic heterocycles. The van der Waals surface area contributed by atoms with Gasteiger partial charge in [0.2, 0.25) is 0 Å². The fraction of sp³-hybridized carbons (Fsp3) is 0.741. The summed E-state index contributed by atoms with van der Waals surface area (Å²) in [6.45, 7) is 3.70. The van der Waals surface area contributed by atoms with E-state index in [-0.39, 0.29) is 6.42 Å². The molecular weight excluding hydrogens is 434 g/mol. The van der Waals surface area contributed by atoms with Crippen LogP contribution in [-0.2, 0) is 15.3 Å². The van der Waals surface area contributed by atoms with Gasteiger partial charge in [-0.1, -0.05) is 62.9 Å². The highest BCUT2D eigenvalue weighted by Crippen LogP contribution is 2.45. The zero-order valence-electron chi connectivity index (χ0n) is 20.2. The van der Waals surface area contributed by atoms with Crippen LogP contribution in [-0.4, -0.2) is 52.8 Å². The molecule has 0 amide bonds. The number of rotatable bonds is 17. The average molecular weight is 478 g/mol. The van der Waals surface area contributed by atoms with E-state index in [1.54, 1.807) is 0 Å². The normalized spacial score (nSPS) is 25.9. The lowest BCUT2D eigenvalue weighted by atomic mass is 9.76. The third-order valence-electron chi connectivity index (χ3n) is 7.30. The topological polar surface area (TPSA) is 78.8 Å². The summed E-state index contributed by atoms with van der Waals surface area (Å²) in [7, 11) is 0. The Labute approximate surface area is 204 Å². The van der Waals surface area contributed by atoms with Gasteiger partial charge in [-0.3, -0.25) is 4.79 Å². The van der Waals surface area contributed by atoms with Gasteiger partial charge in [0.05, 0.1) is 17.8 Å². The molecule has 3 N–H and O–H groups in total. The molecule has 2 saturated heterocycles. The van der Waals surface area contributed by atoms with Gasteiger partial charge in [0.1, 0.15) is 0 Å². The fourth-order valence-electron chi connectivity index (χ4n) is 5.64. The highest BCUT2D eigenvalue weighted by atomic mass is 32.2. The van der Waals surface area contributed by atoms with Crippen LogP contribution < -0.4 is 5.32 Å². The lowest BCUT2D eigenvalue weighted by molar-refractivity contribution is -0.137. The molecule has 3 rings (SSSR count). The van der Waals surface area contributed by atoms with Crippen molar-refractivity contribution in [1.82, 2.24) is 5.32 Å². The van der Waals surface area contributed by atoms with Gasteiger partial charge >= 0.3 is 5.97 Å². The quantitative estimate of drug-likeness (QED) is 0.266. The number of ether oxygens (including phenoxy) is 1. The fourth-order valence-corrected chi connectivity index (χ4v) is 6.80. The summed E-state index contributed by atoms with van der Waals surface area (Å²) in [6.07, 6.45) is 10.4. The van der Waals surface area contributed by atoms with Crippen molar-refractivity contribution in [2.45, 2.75) is 94.7 Å². The Bertz CT molecular complexity index is 703. The summed E-state index contributed by atoms with van der Waals surface area (Å²) in [5.74, 6) is 2.12. The number of nitrogens with one attached hydrogen (secondary N) is 1. The molecule has 2 heterocycles. The third kappa shape index (κ3) is 8.57. The lowest BCUT2D eigenvalue weighted by Crippen LogP contribution is -2.46. The number of carboxylic acids is 1. The Hall–Kier alpha value is -1.08. The number of hydrogen-bond acceptors (Lipinski definition) is 5. The molecule has 6 heteroatoms. The summed E-state index contributed by atoms with van der Waals surface area (Å²) in [4.78, 5) is 10.7. The van der Waals surface area contributed by atoms with Crippen molar-refractivity contribution in [2.24, 2.45) is 11.8 Å². The van der Waals surface area contributed by atoms with Gasteiger partial charge < -0.3 is 20.3 Å². The van der Waals surface area contributed by atoms with Crippen LogP contribution in [0.15, 0.2) is 30.3 Å². The SMILES string of the molecule is CCCC(O)(CNC[C@@H]1[C@@H](CCCCCCC(=O)O)[C@@H]2CC[C@H]1O2)CSCc1ccccc1. The molecule has 0 radical (unpaired) electrons. The van der Waals surface area contributed by atoms with Crippen LogP contribution in [0.5, 0.6) is 0 Å². The van der Waals surface area contributed by atoms with Crippen molar-refractivity contribution < 1.29 is 19.7 Å². The summed E-state index contributed by atoms with van der Waals surface area (Å²) >= 11 is 1.82. The number of carboxylic acid groups (broad SMARTS) is 1. The molecule has 2 aliphatic rings. The van der Waals surface area contributed by atoms with E-state index in [0.29, 0.717) is 30.6 Å². The number of carbonyl (C=O) groups is 1. The predicted octanol–water partition coefficient (Wildman–Crippen LogP) is 5.26. The van der Waals surface area contributed by atoms with Crippen LogP contribution >= 0.6 is 11.8 Å². The molecule has 0 aliphatic carbocycles. The van der Waals surface area contributed by atoms with Crippen LogP contribution in [0.1, 0.15) is 76.7 Å². The highest BCUT2D eigenvalue weighted by molar-refractivity contribution is 7.98. The number of aliphatic hydroxyl groups is 1. The van der Waals surface area contributed by atoms with Gasteiger partial charge in [-0.15, -0.1) is 0 Å². The van der Waals surface area contributed by atoms with Crippen molar-refractivity contribution in [3.8, 4) is 0 Å². The monoisotopic (exact) mass is 477 g/mol. The first-order valence-corrected chi connectivity index (χ1v) is 14.1. The maximum atomic E-state index is 11.3. The minimum atomic E-state index is -0.691. The Morgan fingerprint density at radius 2 is 1.85 bits per heavy atom. The molecule has 1 aromatic rings.